The van der Waals surface area contributed by atoms with E-state index in [1.165, 1.54) is 0 Å². The van der Waals surface area contributed by atoms with Crippen molar-refractivity contribution in [3.05, 3.63) is 48.0 Å². The lowest BCUT2D eigenvalue weighted by Crippen LogP contribution is -2.29. The average molecular weight is 381 g/mol. The van der Waals surface area contributed by atoms with Gasteiger partial charge in [0.15, 0.2) is 0 Å². The zero-order chi connectivity index (χ0) is 20.3. The van der Waals surface area contributed by atoms with Crippen LogP contribution in [0.5, 0.6) is 5.75 Å². The van der Waals surface area contributed by atoms with Gasteiger partial charge in [-0.25, -0.2) is 0 Å². The molecule has 0 radical (unpaired) electrons. The van der Waals surface area contributed by atoms with E-state index >= 15 is 0 Å². The van der Waals surface area contributed by atoms with Gasteiger partial charge in [-0.2, -0.15) is 0 Å². The van der Waals surface area contributed by atoms with Crippen LogP contribution in [0.1, 0.15) is 38.2 Å². The number of carbonyl (C=O) groups excluding carboxylic acids is 2. The first kappa shape index (κ1) is 19.7. The fraction of sp³-hybridized carbons (Fsp3) is 0.364. The standard InChI is InChI=1S/C22H27N3O3/c1-4-14(2)17-7-5-6-8-19(17)25-13-15(11-21(25)26)22(27)24-16-9-10-20(28-3)18(23)12-16/h5-10,12,14-15H,4,11,13,23H2,1-3H3,(H,24,27). The highest BCUT2D eigenvalue weighted by Crippen LogP contribution is 2.34. The zero-order valence-corrected chi connectivity index (χ0v) is 16.6. The van der Waals surface area contributed by atoms with Crippen molar-refractivity contribution in [3.63, 3.8) is 0 Å². The van der Waals surface area contributed by atoms with Crippen LogP contribution in [0.25, 0.3) is 0 Å². The number of methoxy groups -OCH3 is 1. The molecule has 0 aromatic heterocycles. The van der Waals surface area contributed by atoms with Gasteiger partial charge in [-0.1, -0.05) is 32.0 Å². The van der Waals surface area contributed by atoms with E-state index < -0.39 is 5.92 Å². The monoisotopic (exact) mass is 381 g/mol. The lowest BCUT2D eigenvalue weighted by atomic mass is 9.96. The highest BCUT2D eigenvalue weighted by Gasteiger charge is 2.36. The molecule has 2 aromatic rings. The van der Waals surface area contributed by atoms with Gasteiger partial charge in [-0.3, -0.25) is 9.59 Å². The van der Waals surface area contributed by atoms with Crippen molar-refractivity contribution in [2.24, 2.45) is 5.92 Å². The lowest BCUT2D eigenvalue weighted by Gasteiger charge is -2.23. The molecular weight excluding hydrogens is 354 g/mol. The molecule has 3 rings (SSSR count). The van der Waals surface area contributed by atoms with Crippen molar-refractivity contribution in [3.8, 4) is 5.75 Å². The molecule has 1 aliphatic rings. The molecule has 148 valence electrons. The Balaban J connectivity index is 1.74. The SMILES string of the molecule is CCC(C)c1ccccc1N1CC(C(=O)Nc2ccc(OC)c(N)c2)CC1=O. The summed E-state index contributed by atoms with van der Waals surface area (Å²) in [5, 5.41) is 2.86. The largest absolute Gasteiger partial charge is 0.495 e. The Morgan fingerprint density at radius 2 is 2.07 bits per heavy atom. The molecule has 3 N–H and O–H groups in total. The Hall–Kier alpha value is -3.02. The summed E-state index contributed by atoms with van der Waals surface area (Å²) in [5.41, 5.74) is 8.99. The van der Waals surface area contributed by atoms with Crippen LogP contribution in [-0.4, -0.2) is 25.5 Å². The number of nitrogen functional groups attached to an aromatic ring is 1. The third-order valence-electron chi connectivity index (χ3n) is 5.36. The highest BCUT2D eigenvalue weighted by molar-refractivity contribution is 6.04. The Morgan fingerprint density at radius 1 is 1.32 bits per heavy atom. The molecule has 2 aromatic carbocycles. The fourth-order valence-corrected chi connectivity index (χ4v) is 3.54. The summed E-state index contributed by atoms with van der Waals surface area (Å²) in [6.45, 7) is 4.66. The predicted octanol–water partition coefficient (Wildman–Crippen LogP) is 3.78. The Morgan fingerprint density at radius 3 is 2.75 bits per heavy atom. The van der Waals surface area contributed by atoms with Gasteiger partial charge in [0.1, 0.15) is 5.75 Å². The summed E-state index contributed by atoms with van der Waals surface area (Å²) in [5.74, 6) is 0.299. The van der Waals surface area contributed by atoms with Crippen LogP contribution in [0.4, 0.5) is 17.1 Å². The van der Waals surface area contributed by atoms with Crippen LogP contribution in [0.2, 0.25) is 0 Å². The minimum Gasteiger partial charge on any atom is -0.495 e. The molecule has 1 fully saturated rings. The lowest BCUT2D eigenvalue weighted by molar-refractivity contribution is -0.122. The van der Waals surface area contributed by atoms with Crippen LogP contribution < -0.4 is 20.7 Å². The molecule has 1 heterocycles. The number of anilines is 3. The van der Waals surface area contributed by atoms with Crippen molar-refractivity contribution in [2.45, 2.75) is 32.6 Å². The number of hydrogen-bond acceptors (Lipinski definition) is 4. The molecule has 0 bridgehead atoms. The molecule has 2 unspecified atom stereocenters. The van der Waals surface area contributed by atoms with E-state index in [4.69, 9.17) is 10.5 Å². The summed E-state index contributed by atoms with van der Waals surface area (Å²) < 4.78 is 5.13. The van der Waals surface area contributed by atoms with Gasteiger partial charge in [0.25, 0.3) is 0 Å². The summed E-state index contributed by atoms with van der Waals surface area (Å²) in [7, 11) is 1.54. The van der Waals surface area contributed by atoms with E-state index in [9.17, 15) is 9.59 Å². The van der Waals surface area contributed by atoms with E-state index in [-0.39, 0.29) is 18.2 Å². The van der Waals surface area contributed by atoms with E-state index in [0.29, 0.717) is 29.6 Å². The smallest absolute Gasteiger partial charge is 0.229 e. The maximum absolute atomic E-state index is 12.7. The summed E-state index contributed by atoms with van der Waals surface area (Å²) in [6, 6.07) is 13.0. The summed E-state index contributed by atoms with van der Waals surface area (Å²) in [6.07, 6.45) is 1.19. The molecule has 6 heteroatoms. The van der Waals surface area contributed by atoms with Crippen LogP contribution in [0.3, 0.4) is 0 Å². The van der Waals surface area contributed by atoms with Gasteiger partial charge in [-0.05, 0) is 42.2 Å². The van der Waals surface area contributed by atoms with Gasteiger partial charge in [0, 0.05) is 24.3 Å². The minimum absolute atomic E-state index is 0.0230. The Bertz CT molecular complexity index is 881. The third-order valence-corrected chi connectivity index (χ3v) is 5.36. The van der Waals surface area contributed by atoms with Gasteiger partial charge < -0.3 is 20.7 Å². The molecule has 2 atom stereocenters. The molecule has 2 amide bonds. The number of nitrogens with two attached hydrogens (primary N) is 1. The fourth-order valence-electron chi connectivity index (χ4n) is 3.54. The molecule has 28 heavy (non-hydrogen) atoms. The van der Waals surface area contributed by atoms with Crippen molar-refractivity contribution in [1.82, 2.24) is 0 Å². The average Bonchev–Trinajstić information content (AvgIpc) is 3.09. The van der Waals surface area contributed by atoms with Crippen molar-refractivity contribution >= 4 is 28.9 Å². The second kappa shape index (κ2) is 8.33. The normalized spacial score (nSPS) is 17.5. The van der Waals surface area contributed by atoms with E-state index in [0.717, 1.165) is 17.7 Å². The van der Waals surface area contributed by atoms with Crippen molar-refractivity contribution in [2.75, 3.05) is 29.6 Å². The van der Waals surface area contributed by atoms with E-state index in [1.54, 1.807) is 30.2 Å². The van der Waals surface area contributed by atoms with Gasteiger partial charge in [-0.15, -0.1) is 0 Å². The maximum Gasteiger partial charge on any atom is 0.229 e. The number of amides is 2. The molecule has 6 nitrogen and oxygen atoms in total. The first-order chi connectivity index (χ1) is 13.4. The second-order valence-corrected chi connectivity index (χ2v) is 7.22. The summed E-state index contributed by atoms with van der Waals surface area (Å²) in [4.78, 5) is 27.1. The number of carbonyl (C=O) groups is 2. The second-order valence-electron chi connectivity index (χ2n) is 7.22. The first-order valence-corrected chi connectivity index (χ1v) is 9.58. The molecule has 0 spiro atoms. The van der Waals surface area contributed by atoms with Gasteiger partial charge in [0.2, 0.25) is 11.8 Å². The van der Waals surface area contributed by atoms with E-state index in [2.05, 4.69) is 25.2 Å². The molecular formula is C22H27N3O3. The molecule has 1 aliphatic heterocycles. The maximum atomic E-state index is 12.7. The number of nitrogens with zero attached hydrogens (tertiary/aromatic N) is 1. The van der Waals surface area contributed by atoms with Crippen LogP contribution >= 0.6 is 0 Å². The molecule has 0 saturated carbocycles. The first-order valence-electron chi connectivity index (χ1n) is 9.58. The summed E-state index contributed by atoms with van der Waals surface area (Å²) >= 11 is 0. The molecule has 1 saturated heterocycles. The van der Waals surface area contributed by atoms with Gasteiger partial charge in [0.05, 0.1) is 18.7 Å². The number of benzene rings is 2. The number of rotatable bonds is 6. The van der Waals surface area contributed by atoms with Crippen LogP contribution in [0, 0.1) is 5.92 Å². The van der Waals surface area contributed by atoms with Crippen LogP contribution in [-0.2, 0) is 9.59 Å². The van der Waals surface area contributed by atoms with Crippen LogP contribution in [0.15, 0.2) is 42.5 Å². The zero-order valence-electron chi connectivity index (χ0n) is 16.6. The number of nitrogens with one attached hydrogen (secondary N) is 1. The number of para-hydroxylation sites is 1. The number of hydrogen-bond donors (Lipinski definition) is 2. The Kier molecular flexibility index (Phi) is 5.87. The highest BCUT2D eigenvalue weighted by atomic mass is 16.5. The third kappa shape index (κ3) is 3.96. The number of ether oxygens (including phenoxy) is 1. The van der Waals surface area contributed by atoms with Crippen molar-refractivity contribution < 1.29 is 14.3 Å². The van der Waals surface area contributed by atoms with Crippen molar-refractivity contribution in [1.29, 1.82) is 0 Å². The predicted molar refractivity (Wildman–Crippen MR) is 112 cm³/mol. The Labute approximate surface area is 165 Å². The quantitative estimate of drug-likeness (QED) is 0.746. The topological polar surface area (TPSA) is 84.7 Å². The van der Waals surface area contributed by atoms with Gasteiger partial charge >= 0.3 is 0 Å². The van der Waals surface area contributed by atoms with E-state index in [1.807, 2.05) is 18.2 Å². The molecule has 0 aliphatic carbocycles. The minimum atomic E-state index is -0.402.